The second kappa shape index (κ2) is 5.83. The molecule has 2 aromatic heterocycles. The van der Waals surface area contributed by atoms with Crippen molar-refractivity contribution in [2.75, 3.05) is 11.9 Å². The molecular formula is C13H13ClN4O2. The van der Waals surface area contributed by atoms with Crippen LogP contribution in [0.4, 0.5) is 11.5 Å². The minimum atomic E-state index is -0.435. The zero-order valence-corrected chi connectivity index (χ0v) is 11.8. The molecule has 2 heterocycles. The number of hydrogen-bond acceptors (Lipinski definition) is 5. The number of aromatic nitrogens is 2. The fourth-order valence-electron chi connectivity index (χ4n) is 1.80. The smallest absolute Gasteiger partial charge is 0.290 e. The van der Waals surface area contributed by atoms with Gasteiger partial charge in [-0.1, -0.05) is 17.7 Å². The number of aryl methyl sites for hydroxylation is 1. The molecule has 0 atom stereocenters. The molecule has 104 valence electrons. The highest BCUT2D eigenvalue weighted by molar-refractivity contribution is 6.29. The molecule has 0 bridgehead atoms. The predicted octanol–water partition coefficient (Wildman–Crippen LogP) is 2.98. The third kappa shape index (κ3) is 3.21. The number of hydrogen-bond donors (Lipinski definition) is 0. The Bertz CT molecular complexity index is 631. The van der Waals surface area contributed by atoms with Crippen LogP contribution in [-0.4, -0.2) is 21.9 Å². The largest absolute Gasteiger partial charge is 0.355 e. The highest BCUT2D eigenvalue weighted by Gasteiger charge is 2.13. The molecule has 0 aromatic carbocycles. The van der Waals surface area contributed by atoms with Gasteiger partial charge in [0.25, 0.3) is 5.69 Å². The van der Waals surface area contributed by atoms with Gasteiger partial charge < -0.3 is 4.90 Å². The summed E-state index contributed by atoms with van der Waals surface area (Å²) in [4.78, 5) is 20.5. The molecule has 2 aromatic rings. The first-order valence-corrected chi connectivity index (χ1v) is 6.29. The van der Waals surface area contributed by atoms with Gasteiger partial charge in [0, 0.05) is 25.9 Å². The maximum atomic E-state index is 10.8. The van der Waals surface area contributed by atoms with E-state index in [1.165, 1.54) is 6.07 Å². The first kappa shape index (κ1) is 14.2. The van der Waals surface area contributed by atoms with Crippen molar-refractivity contribution in [3.63, 3.8) is 0 Å². The predicted molar refractivity (Wildman–Crippen MR) is 77.0 cm³/mol. The van der Waals surface area contributed by atoms with E-state index in [1.54, 1.807) is 25.3 Å². The molecule has 0 saturated carbocycles. The lowest BCUT2D eigenvalue weighted by Gasteiger charge is -2.18. The second-order valence-electron chi connectivity index (χ2n) is 4.38. The third-order valence-electron chi connectivity index (χ3n) is 2.84. The Balaban J connectivity index is 2.17. The maximum Gasteiger partial charge on any atom is 0.290 e. The van der Waals surface area contributed by atoms with Gasteiger partial charge in [0.05, 0.1) is 4.92 Å². The van der Waals surface area contributed by atoms with Crippen molar-refractivity contribution in [2.24, 2.45) is 0 Å². The van der Waals surface area contributed by atoms with E-state index in [1.807, 2.05) is 18.0 Å². The molecule has 0 aliphatic rings. The van der Waals surface area contributed by atoms with Gasteiger partial charge in [-0.05, 0) is 24.6 Å². The van der Waals surface area contributed by atoms with E-state index in [9.17, 15) is 10.1 Å². The van der Waals surface area contributed by atoms with Gasteiger partial charge in [-0.2, -0.15) is 0 Å². The van der Waals surface area contributed by atoms with Gasteiger partial charge in [-0.25, -0.2) is 9.97 Å². The van der Waals surface area contributed by atoms with Gasteiger partial charge in [-0.15, -0.1) is 0 Å². The Hall–Kier alpha value is -2.21. The molecule has 0 radical (unpaired) electrons. The van der Waals surface area contributed by atoms with E-state index in [0.717, 1.165) is 5.56 Å². The highest BCUT2D eigenvalue weighted by Crippen LogP contribution is 2.20. The molecule has 0 amide bonds. The molecule has 0 aliphatic carbocycles. The zero-order chi connectivity index (χ0) is 14.7. The van der Waals surface area contributed by atoms with Crippen LogP contribution in [0.2, 0.25) is 5.15 Å². The average molecular weight is 293 g/mol. The van der Waals surface area contributed by atoms with E-state index >= 15 is 0 Å². The Morgan fingerprint density at radius 3 is 2.65 bits per heavy atom. The van der Waals surface area contributed by atoms with E-state index in [2.05, 4.69) is 9.97 Å². The number of nitrogens with zero attached hydrogens (tertiary/aromatic N) is 4. The van der Waals surface area contributed by atoms with E-state index in [0.29, 0.717) is 23.2 Å². The molecule has 6 nitrogen and oxygen atoms in total. The molecular weight excluding hydrogens is 280 g/mol. The Morgan fingerprint density at radius 2 is 2.10 bits per heavy atom. The van der Waals surface area contributed by atoms with Crippen LogP contribution in [0.5, 0.6) is 0 Å². The van der Waals surface area contributed by atoms with Crippen LogP contribution in [0, 0.1) is 17.0 Å². The van der Waals surface area contributed by atoms with Crippen molar-refractivity contribution in [3.05, 3.63) is 57.0 Å². The maximum absolute atomic E-state index is 10.8. The van der Waals surface area contributed by atoms with E-state index in [-0.39, 0.29) is 5.69 Å². The number of pyridine rings is 2. The Morgan fingerprint density at radius 1 is 1.35 bits per heavy atom. The normalized spacial score (nSPS) is 10.3. The van der Waals surface area contributed by atoms with Crippen LogP contribution in [0.25, 0.3) is 0 Å². The summed E-state index contributed by atoms with van der Waals surface area (Å²) in [5.74, 6) is 0.669. The summed E-state index contributed by atoms with van der Waals surface area (Å²) in [6, 6.07) is 6.70. The number of anilines is 1. The summed E-state index contributed by atoms with van der Waals surface area (Å²) in [5.41, 5.74) is 1.40. The summed E-state index contributed by atoms with van der Waals surface area (Å²) in [7, 11) is 1.86. The van der Waals surface area contributed by atoms with Crippen molar-refractivity contribution in [2.45, 2.75) is 13.5 Å². The van der Waals surface area contributed by atoms with Crippen LogP contribution in [0.3, 0.4) is 0 Å². The topological polar surface area (TPSA) is 72.2 Å². The monoisotopic (exact) mass is 292 g/mol. The SMILES string of the molecule is Cc1nc(N(C)Cc2ccc(Cl)nc2)ccc1[N+](=O)[O-]. The summed E-state index contributed by atoms with van der Waals surface area (Å²) >= 11 is 5.73. The quantitative estimate of drug-likeness (QED) is 0.492. The van der Waals surface area contributed by atoms with Crippen molar-refractivity contribution >= 4 is 23.1 Å². The number of rotatable bonds is 4. The first-order valence-electron chi connectivity index (χ1n) is 5.91. The van der Waals surface area contributed by atoms with Crippen molar-refractivity contribution in [1.29, 1.82) is 0 Å². The van der Waals surface area contributed by atoms with Crippen LogP contribution in [0.1, 0.15) is 11.3 Å². The third-order valence-corrected chi connectivity index (χ3v) is 3.06. The minimum absolute atomic E-state index is 0.0234. The van der Waals surface area contributed by atoms with Crippen molar-refractivity contribution in [3.8, 4) is 0 Å². The van der Waals surface area contributed by atoms with Gasteiger partial charge in [0.1, 0.15) is 16.7 Å². The molecule has 0 spiro atoms. The van der Waals surface area contributed by atoms with Gasteiger partial charge in [0.2, 0.25) is 0 Å². The van der Waals surface area contributed by atoms with Crippen LogP contribution in [0.15, 0.2) is 30.5 Å². The van der Waals surface area contributed by atoms with Gasteiger partial charge in [-0.3, -0.25) is 10.1 Å². The minimum Gasteiger partial charge on any atom is -0.355 e. The van der Waals surface area contributed by atoms with Crippen LogP contribution in [-0.2, 0) is 6.54 Å². The molecule has 7 heteroatoms. The molecule has 0 fully saturated rings. The van der Waals surface area contributed by atoms with E-state index in [4.69, 9.17) is 11.6 Å². The summed E-state index contributed by atoms with van der Waals surface area (Å²) < 4.78 is 0. The van der Waals surface area contributed by atoms with E-state index < -0.39 is 4.92 Å². The standard InChI is InChI=1S/C13H13ClN4O2/c1-9-11(18(19)20)4-6-13(16-9)17(2)8-10-3-5-12(14)15-7-10/h3-7H,8H2,1-2H3. The molecule has 0 unspecified atom stereocenters. The lowest BCUT2D eigenvalue weighted by atomic mass is 10.2. The molecule has 20 heavy (non-hydrogen) atoms. The molecule has 2 rings (SSSR count). The van der Waals surface area contributed by atoms with Gasteiger partial charge >= 0.3 is 0 Å². The fraction of sp³-hybridized carbons (Fsp3) is 0.231. The van der Waals surface area contributed by atoms with Crippen LogP contribution < -0.4 is 4.90 Å². The first-order chi connectivity index (χ1) is 9.47. The highest BCUT2D eigenvalue weighted by atomic mass is 35.5. The number of nitro groups is 1. The lowest BCUT2D eigenvalue weighted by Crippen LogP contribution is -2.18. The van der Waals surface area contributed by atoms with Crippen LogP contribution >= 0.6 is 11.6 Å². The lowest BCUT2D eigenvalue weighted by molar-refractivity contribution is -0.385. The second-order valence-corrected chi connectivity index (χ2v) is 4.76. The molecule has 0 saturated heterocycles. The molecule has 0 N–H and O–H groups in total. The summed E-state index contributed by atoms with van der Waals surface area (Å²) in [6.45, 7) is 2.22. The van der Waals surface area contributed by atoms with Gasteiger partial charge in [0.15, 0.2) is 0 Å². The fourth-order valence-corrected chi connectivity index (χ4v) is 1.91. The Labute approximate surface area is 121 Å². The van der Waals surface area contributed by atoms with Crippen molar-refractivity contribution in [1.82, 2.24) is 9.97 Å². The zero-order valence-electron chi connectivity index (χ0n) is 11.1. The van der Waals surface area contributed by atoms with Crippen molar-refractivity contribution < 1.29 is 4.92 Å². The average Bonchev–Trinajstić information content (AvgIpc) is 2.40. The molecule has 0 aliphatic heterocycles. The summed E-state index contributed by atoms with van der Waals surface area (Å²) in [5, 5.41) is 11.2. The Kier molecular flexibility index (Phi) is 4.14. The summed E-state index contributed by atoms with van der Waals surface area (Å²) in [6.07, 6.45) is 1.69. The number of halogens is 1.